The number of carbonyl (C=O) groups is 1. The maximum atomic E-state index is 12.0. The molecule has 0 aromatic heterocycles. The van der Waals surface area contributed by atoms with Crippen LogP contribution < -0.4 is 5.32 Å². The number of hydrogen-bond acceptors (Lipinski definition) is 2. The normalized spacial score (nSPS) is 19.2. The molecule has 0 bridgehead atoms. The van der Waals surface area contributed by atoms with E-state index in [1.165, 1.54) is 0 Å². The highest BCUT2D eigenvalue weighted by Crippen LogP contribution is 2.20. The number of rotatable bonds is 2. The molecule has 0 saturated carbocycles. The molecule has 0 unspecified atom stereocenters. The summed E-state index contributed by atoms with van der Waals surface area (Å²) < 4.78 is 0. The van der Waals surface area contributed by atoms with E-state index in [0.29, 0.717) is 5.88 Å². The van der Waals surface area contributed by atoms with E-state index < -0.39 is 5.41 Å². The Morgan fingerprint density at radius 1 is 1.43 bits per heavy atom. The van der Waals surface area contributed by atoms with Gasteiger partial charge in [-0.2, -0.15) is 0 Å². The van der Waals surface area contributed by atoms with Crippen molar-refractivity contribution in [3.63, 3.8) is 0 Å². The smallest absolute Gasteiger partial charge is 0.229 e. The zero-order valence-corrected chi connectivity index (χ0v) is 9.73. The van der Waals surface area contributed by atoms with Gasteiger partial charge in [0.15, 0.2) is 0 Å². The van der Waals surface area contributed by atoms with Gasteiger partial charge in [0, 0.05) is 25.5 Å². The lowest BCUT2D eigenvalue weighted by Crippen LogP contribution is -2.43. The first-order valence-electron chi connectivity index (χ1n) is 5.14. The topological polar surface area (TPSA) is 32.3 Å². The van der Waals surface area contributed by atoms with E-state index in [4.69, 9.17) is 11.6 Å². The van der Waals surface area contributed by atoms with E-state index >= 15 is 0 Å². The van der Waals surface area contributed by atoms with E-state index in [1.807, 2.05) is 18.7 Å². The quantitative estimate of drug-likeness (QED) is 0.704. The Labute approximate surface area is 90.8 Å². The van der Waals surface area contributed by atoms with Gasteiger partial charge in [0.1, 0.15) is 0 Å². The molecule has 82 valence electrons. The molecule has 1 fully saturated rings. The monoisotopic (exact) mass is 218 g/mol. The Hall–Kier alpha value is -0.280. The molecule has 14 heavy (non-hydrogen) atoms. The third kappa shape index (κ3) is 2.85. The zero-order valence-electron chi connectivity index (χ0n) is 8.98. The van der Waals surface area contributed by atoms with Crippen LogP contribution in [0.3, 0.4) is 0 Å². The Bertz CT molecular complexity index is 198. The molecule has 1 aliphatic rings. The van der Waals surface area contributed by atoms with Gasteiger partial charge in [-0.05, 0) is 26.8 Å². The summed E-state index contributed by atoms with van der Waals surface area (Å²) in [6.45, 7) is 7.36. The summed E-state index contributed by atoms with van der Waals surface area (Å²) in [6, 6.07) is 0. The third-order valence-electron chi connectivity index (χ3n) is 2.54. The van der Waals surface area contributed by atoms with Crippen molar-refractivity contribution in [3.05, 3.63) is 0 Å². The summed E-state index contributed by atoms with van der Waals surface area (Å²) in [4.78, 5) is 13.9. The first-order valence-corrected chi connectivity index (χ1v) is 5.67. The van der Waals surface area contributed by atoms with Crippen molar-refractivity contribution in [1.29, 1.82) is 0 Å². The van der Waals surface area contributed by atoms with Crippen LogP contribution in [0.1, 0.15) is 20.3 Å². The predicted octanol–water partition coefficient (Wildman–Crippen LogP) is 1.07. The SMILES string of the molecule is CC(C)(CCl)C(=O)N1CCCNCC1. The van der Waals surface area contributed by atoms with Gasteiger partial charge in [0.05, 0.1) is 5.41 Å². The summed E-state index contributed by atoms with van der Waals surface area (Å²) in [5, 5.41) is 3.27. The average molecular weight is 219 g/mol. The largest absolute Gasteiger partial charge is 0.341 e. The van der Waals surface area contributed by atoms with Crippen molar-refractivity contribution in [1.82, 2.24) is 10.2 Å². The van der Waals surface area contributed by atoms with Crippen LogP contribution in [0.15, 0.2) is 0 Å². The molecule has 4 heteroatoms. The van der Waals surface area contributed by atoms with Crippen LogP contribution in [-0.2, 0) is 4.79 Å². The first-order chi connectivity index (χ1) is 6.58. The molecular weight excluding hydrogens is 200 g/mol. The van der Waals surface area contributed by atoms with Gasteiger partial charge in [-0.15, -0.1) is 11.6 Å². The minimum absolute atomic E-state index is 0.177. The molecular formula is C10H19ClN2O. The highest BCUT2D eigenvalue weighted by molar-refractivity contribution is 6.19. The van der Waals surface area contributed by atoms with E-state index in [9.17, 15) is 4.79 Å². The summed E-state index contributed by atoms with van der Waals surface area (Å²) >= 11 is 5.78. The molecule has 1 N–H and O–H groups in total. The molecule has 1 amide bonds. The maximum absolute atomic E-state index is 12.0. The number of carbonyl (C=O) groups excluding carboxylic acids is 1. The molecule has 1 rings (SSSR count). The highest BCUT2D eigenvalue weighted by Gasteiger charge is 2.31. The van der Waals surface area contributed by atoms with Crippen molar-refractivity contribution in [2.24, 2.45) is 5.41 Å². The number of alkyl halides is 1. The Morgan fingerprint density at radius 2 is 2.14 bits per heavy atom. The van der Waals surface area contributed by atoms with Gasteiger partial charge >= 0.3 is 0 Å². The lowest BCUT2D eigenvalue weighted by atomic mass is 9.94. The summed E-state index contributed by atoms with van der Waals surface area (Å²) in [5.74, 6) is 0.562. The van der Waals surface area contributed by atoms with Crippen molar-refractivity contribution in [3.8, 4) is 0 Å². The number of nitrogens with zero attached hydrogens (tertiary/aromatic N) is 1. The predicted molar refractivity (Wildman–Crippen MR) is 58.6 cm³/mol. The second-order valence-corrected chi connectivity index (χ2v) is 4.68. The molecule has 1 saturated heterocycles. The number of amides is 1. The fourth-order valence-corrected chi connectivity index (χ4v) is 1.65. The standard InChI is InChI=1S/C10H19ClN2O/c1-10(2,8-11)9(14)13-6-3-4-12-5-7-13/h12H,3-8H2,1-2H3. The molecule has 0 radical (unpaired) electrons. The molecule has 0 spiro atoms. The summed E-state index contributed by atoms with van der Waals surface area (Å²) in [5.41, 5.74) is -0.425. The van der Waals surface area contributed by atoms with E-state index in [0.717, 1.165) is 32.6 Å². The van der Waals surface area contributed by atoms with Gasteiger partial charge in [-0.25, -0.2) is 0 Å². The Balaban J connectivity index is 2.58. The van der Waals surface area contributed by atoms with Gasteiger partial charge in [0.2, 0.25) is 5.91 Å². The van der Waals surface area contributed by atoms with Crippen LogP contribution in [-0.4, -0.2) is 42.9 Å². The van der Waals surface area contributed by atoms with Crippen LogP contribution in [0.2, 0.25) is 0 Å². The number of nitrogens with one attached hydrogen (secondary N) is 1. The lowest BCUT2D eigenvalue weighted by Gasteiger charge is -2.29. The third-order valence-corrected chi connectivity index (χ3v) is 3.21. The summed E-state index contributed by atoms with van der Waals surface area (Å²) in [6.07, 6.45) is 1.03. The Morgan fingerprint density at radius 3 is 2.79 bits per heavy atom. The molecule has 0 aromatic carbocycles. The second kappa shape index (κ2) is 4.99. The van der Waals surface area contributed by atoms with Gasteiger partial charge < -0.3 is 10.2 Å². The lowest BCUT2D eigenvalue weighted by molar-refractivity contribution is -0.139. The average Bonchev–Trinajstić information content (AvgIpc) is 2.44. The number of halogens is 1. The molecule has 1 aliphatic heterocycles. The van der Waals surface area contributed by atoms with Crippen LogP contribution >= 0.6 is 11.6 Å². The van der Waals surface area contributed by atoms with Gasteiger partial charge in [-0.1, -0.05) is 0 Å². The minimum atomic E-state index is -0.425. The molecule has 0 aromatic rings. The van der Waals surface area contributed by atoms with E-state index in [2.05, 4.69) is 5.32 Å². The second-order valence-electron chi connectivity index (χ2n) is 4.41. The van der Waals surface area contributed by atoms with Gasteiger partial charge in [0.25, 0.3) is 0 Å². The minimum Gasteiger partial charge on any atom is -0.341 e. The van der Waals surface area contributed by atoms with E-state index in [1.54, 1.807) is 0 Å². The first kappa shape index (κ1) is 11.8. The highest BCUT2D eigenvalue weighted by atomic mass is 35.5. The zero-order chi connectivity index (χ0) is 10.6. The van der Waals surface area contributed by atoms with Crippen LogP contribution in [0.4, 0.5) is 0 Å². The molecule has 0 atom stereocenters. The van der Waals surface area contributed by atoms with Crippen LogP contribution in [0.25, 0.3) is 0 Å². The van der Waals surface area contributed by atoms with Crippen molar-refractivity contribution < 1.29 is 4.79 Å². The fourth-order valence-electron chi connectivity index (χ4n) is 1.53. The van der Waals surface area contributed by atoms with Crippen LogP contribution in [0, 0.1) is 5.41 Å². The molecule has 3 nitrogen and oxygen atoms in total. The Kier molecular flexibility index (Phi) is 4.20. The van der Waals surface area contributed by atoms with E-state index in [-0.39, 0.29) is 5.91 Å². The summed E-state index contributed by atoms with van der Waals surface area (Å²) in [7, 11) is 0. The number of hydrogen-bond donors (Lipinski definition) is 1. The van der Waals surface area contributed by atoms with Crippen molar-refractivity contribution in [2.45, 2.75) is 20.3 Å². The van der Waals surface area contributed by atoms with Crippen molar-refractivity contribution in [2.75, 3.05) is 32.1 Å². The molecule has 0 aliphatic carbocycles. The van der Waals surface area contributed by atoms with Gasteiger partial charge in [-0.3, -0.25) is 4.79 Å². The fraction of sp³-hybridized carbons (Fsp3) is 0.900. The van der Waals surface area contributed by atoms with Crippen molar-refractivity contribution >= 4 is 17.5 Å². The van der Waals surface area contributed by atoms with Crippen LogP contribution in [0.5, 0.6) is 0 Å². The maximum Gasteiger partial charge on any atom is 0.229 e. The molecule has 1 heterocycles.